The highest BCUT2D eigenvalue weighted by Crippen LogP contribution is 2.42. The smallest absolute Gasteiger partial charge is 0.226 e. The number of carbonyl (C=O) groups is 1. The number of hydrogen-bond donors (Lipinski definition) is 2. The third kappa shape index (κ3) is 3.27. The molecule has 3 heterocycles. The van der Waals surface area contributed by atoms with Gasteiger partial charge < -0.3 is 10.4 Å². The highest BCUT2D eigenvalue weighted by molar-refractivity contribution is 5.84. The molecule has 2 N–H and O–H groups in total. The molecule has 2 aliphatic heterocycles. The Morgan fingerprint density at radius 2 is 2.00 bits per heavy atom. The molecule has 0 radical (unpaired) electrons. The van der Waals surface area contributed by atoms with Crippen LogP contribution in [-0.2, 0) is 18.4 Å². The fraction of sp³-hybridized carbons (Fsp3) is 0.500. The predicted octanol–water partition coefficient (Wildman–Crippen LogP) is 1.62. The van der Waals surface area contributed by atoms with Crippen molar-refractivity contribution in [3.05, 3.63) is 53.9 Å². The van der Waals surface area contributed by atoms with Gasteiger partial charge in [-0.05, 0) is 37.9 Å². The molecule has 0 aliphatic carbocycles. The molecule has 2 saturated heterocycles. The van der Waals surface area contributed by atoms with Gasteiger partial charge in [-0.2, -0.15) is 5.10 Å². The summed E-state index contributed by atoms with van der Waals surface area (Å²) < 4.78 is 1.81. The second kappa shape index (κ2) is 6.85. The summed E-state index contributed by atoms with van der Waals surface area (Å²) in [7, 11) is 1.92. The third-order valence-electron chi connectivity index (χ3n) is 5.89. The zero-order valence-electron chi connectivity index (χ0n) is 15.1. The summed E-state index contributed by atoms with van der Waals surface area (Å²) in [6.07, 6.45) is 5.51. The average Bonchev–Trinajstić information content (AvgIpc) is 3.06. The normalized spacial score (nSPS) is 26.0. The van der Waals surface area contributed by atoms with Crippen molar-refractivity contribution in [2.24, 2.45) is 12.5 Å². The van der Waals surface area contributed by atoms with E-state index in [0.717, 1.165) is 38.0 Å². The van der Waals surface area contributed by atoms with E-state index >= 15 is 0 Å². The van der Waals surface area contributed by atoms with Crippen LogP contribution in [0.15, 0.2) is 42.7 Å². The molecule has 6 nitrogen and oxygen atoms in total. The minimum Gasteiger partial charge on any atom is -0.391 e. The van der Waals surface area contributed by atoms with Gasteiger partial charge in [-0.15, -0.1) is 0 Å². The number of aliphatic hydroxyl groups is 1. The van der Waals surface area contributed by atoms with E-state index < -0.39 is 11.5 Å². The van der Waals surface area contributed by atoms with Crippen LogP contribution in [0.25, 0.3) is 0 Å². The molecule has 1 amide bonds. The molecular formula is C20H26N4O2. The van der Waals surface area contributed by atoms with Gasteiger partial charge >= 0.3 is 0 Å². The van der Waals surface area contributed by atoms with Gasteiger partial charge in [0.15, 0.2) is 0 Å². The Morgan fingerprint density at radius 1 is 1.27 bits per heavy atom. The fourth-order valence-corrected chi connectivity index (χ4v) is 4.35. The molecule has 6 heteroatoms. The Hall–Kier alpha value is -2.18. The van der Waals surface area contributed by atoms with Crippen LogP contribution in [0, 0.1) is 5.41 Å². The van der Waals surface area contributed by atoms with Gasteiger partial charge in [0.2, 0.25) is 5.91 Å². The van der Waals surface area contributed by atoms with Crippen molar-refractivity contribution in [2.75, 3.05) is 13.1 Å². The number of benzene rings is 1. The summed E-state index contributed by atoms with van der Waals surface area (Å²) in [4.78, 5) is 15.3. The molecule has 2 aliphatic rings. The van der Waals surface area contributed by atoms with E-state index in [0.29, 0.717) is 6.42 Å². The second-order valence-electron chi connectivity index (χ2n) is 7.71. The van der Waals surface area contributed by atoms with E-state index in [1.54, 1.807) is 0 Å². The summed E-state index contributed by atoms with van der Waals surface area (Å²) >= 11 is 0. The highest BCUT2D eigenvalue weighted by Gasteiger charge is 2.48. The van der Waals surface area contributed by atoms with Gasteiger partial charge in [-0.3, -0.25) is 14.4 Å². The molecule has 0 saturated carbocycles. The van der Waals surface area contributed by atoms with E-state index in [4.69, 9.17) is 0 Å². The van der Waals surface area contributed by atoms with E-state index in [1.807, 2.05) is 54.5 Å². The molecular weight excluding hydrogens is 328 g/mol. The van der Waals surface area contributed by atoms with Crippen LogP contribution in [0.4, 0.5) is 0 Å². The lowest BCUT2D eigenvalue weighted by molar-refractivity contribution is -0.144. The van der Waals surface area contributed by atoms with Gasteiger partial charge in [0.25, 0.3) is 0 Å². The molecule has 0 unspecified atom stereocenters. The van der Waals surface area contributed by atoms with Crippen molar-refractivity contribution >= 4 is 5.91 Å². The van der Waals surface area contributed by atoms with Crippen molar-refractivity contribution in [3.8, 4) is 0 Å². The van der Waals surface area contributed by atoms with E-state index in [-0.39, 0.29) is 11.9 Å². The maximum atomic E-state index is 12.9. The summed E-state index contributed by atoms with van der Waals surface area (Å²) in [5, 5.41) is 18.0. The number of nitrogens with one attached hydrogen (secondary N) is 1. The van der Waals surface area contributed by atoms with Crippen molar-refractivity contribution in [2.45, 2.75) is 38.0 Å². The Balaban J connectivity index is 1.40. The van der Waals surface area contributed by atoms with Crippen molar-refractivity contribution < 1.29 is 9.90 Å². The van der Waals surface area contributed by atoms with E-state index in [2.05, 4.69) is 15.3 Å². The number of likely N-dealkylation sites (tertiary alicyclic amines) is 1. The van der Waals surface area contributed by atoms with Gasteiger partial charge in [-0.25, -0.2) is 0 Å². The highest BCUT2D eigenvalue weighted by atomic mass is 16.3. The van der Waals surface area contributed by atoms with Crippen molar-refractivity contribution in [1.82, 2.24) is 20.0 Å². The van der Waals surface area contributed by atoms with Crippen molar-refractivity contribution in [3.63, 3.8) is 0 Å². The summed E-state index contributed by atoms with van der Waals surface area (Å²) in [6.45, 7) is 2.59. The Kier molecular flexibility index (Phi) is 4.54. The minimum absolute atomic E-state index is 0.0951. The van der Waals surface area contributed by atoms with Gasteiger partial charge in [0, 0.05) is 25.4 Å². The number of amides is 1. The molecule has 1 spiro atoms. The number of nitrogens with zero attached hydrogens (tertiary/aromatic N) is 3. The van der Waals surface area contributed by atoms with Crippen LogP contribution < -0.4 is 5.32 Å². The predicted molar refractivity (Wildman–Crippen MR) is 98.1 cm³/mol. The van der Waals surface area contributed by atoms with Gasteiger partial charge in [0.1, 0.15) is 0 Å². The number of piperidine rings is 2. The lowest BCUT2D eigenvalue weighted by atomic mass is 9.69. The molecule has 4 rings (SSSR count). The molecule has 2 fully saturated rings. The third-order valence-corrected chi connectivity index (χ3v) is 5.89. The van der Waals surface area contributed by atoms with Crippen LogP contribution in [0.3, 0.4) is 0 Å². The second-order valence-corrected chi connectivity index (χ2v) is 7.71. The monoisotopic (exact) mass is 354 g/mol. The van der Waals surface area contributed by atoms with Crippen LogP contribution in [0.2, 0.25) is 0 Å². The topological polar surface area (TPSA) is 70.4 Å². The number of aryl methyl sites for hydroxylation is 1. The molecule has 2 atom stereocenters. The first-order valence-corrected chi connectivity index (χ1v) is 9.30. The number of carbonyl (C=O) groups excluding carboxylic acids is 1. The Labute approximate surface area is 153 Å². The lowest BCUT2D eigenvalue weighted by Crippen LogP contribution is -2.56. The van der Waals surface area contributed by atoms with E-state index in [9.17, 15) is 9.90 Å². The van der Waals surface area contributed by atoms with Gasteiger partial charge in [-0.1, -0.05) is 30.3 Å². The Bertz CT molecular complexity index is 765. The quantitative estimate of drug-likeness (QED) is 0.879. The molecule has 138 valence electrons. The Morgan fingerprint density at radius 3 is 2.65 bits per heavy atom. The molecule has 2 aromatic rings. The fourth-order valence-electron chi connectivity index (χ4n) is 4.35. The SMILES string of the molecule is Cn1cc(CN2CCC3(CC2)C[C@@H](O)[C@H](c2ccccc2)NC3=O)cn1. The first-order valence-electron chi connectivity index (χ1n) is 9.30. The number of rotatable bonds is 3. The summed E-state index contributed by atoms with van der Waals surface area (Å²) in [5.41, 5.74) is 1.73. The van der Waals surface area contributed by atoms with Crippen LogP contribution in [0.1, 0.15) is 36.4 Å². The molecule has 26 heavy (non-hydrogen) atoms. The summed E-state index contributed by atoms with van der Waals surface area (Å²) in [6, 6.07) is 9.44. The minimum atomic E-state index is -0.542. The number of hydrogen-bond acceptors (Lipinski definition) is 4. The van der Waals surface area contributed by atoms with Crippen molar-refractivity contribution in [1.29, 1.82) is 0 Å². The zero-order chi connectivity index (χ0) is 18.1. The lowest BCUT2D eigenvalue weighted by Gasteiger charge is -2.46. The molecule has 0 bridgehead atoms. The van der Waals surface area contributed by atoms with Crippen LogP contribution >= 0.6 is 0 Å². The average molecular weight is 354 g/mol. The zero-order valence-corrected chi connectivity index (χ0v) is 15.1. The molecule has 1 aromatic heterocycles. The first-order chi connectivity index (χ1) is 12.6. The first kappa shape index (κ1) is 17.2. The van der Waals surface area contributed by atoms with Crippen LogP contribution in [0.5, 0.6) is 0 Å². The summed E-state index contributed by atoms with van der Waals surface area (Å²) in [5.74, 6) is 0.0951. The van der Waals surface area contributed by atoms with Crippen LogP contribution in [-0.4, -0.2) is 44.9 Å². The maximum absolute atomic E-state index is 12.9. The number of aliphatic hydroxyl groups excluding tert-OH is 1. The van der Waals surface area contributed by atoms with Gasteiger partial charge in [0.05, 0.1) is 23.8 Å². The van der Waals surface area contributed by atoms with E-state index in [1.165, 1.54) is 5.56 Å². The standard InChI is InChI=1S/C20H26N4O2/c1-23-13-15(12-21-23)14-24-9-7-20(8-10-24)11-17(25)18(22-19(20)26)16-5-3-2-4-6-16/h2-6,12-13,17-18,25H,7-11,14H2,1H3,(H,22,26)/t17-,18+/m1/s1. The number of aromatic nitrogens is 2. The largest absolute Gasteiger partial charge is 0.391 e. The maximum Gasteiger partial charge on any atom is 0.226 e. The molecule has 1 aromatic carbocycles.